The van der Waals surface area contributed by atoms with Crippen LogP contribution in [0.25, 0.3) is 0 Å². The average molecular weight is 341 g/mol. The van der Waals surface area contributed by atoms with Crippen LogP contribution in [0.15, 0.2) is 30.4 Å². The van der Waals surface area contributed by atoms with Crippen molar-refractivity contribution < 1.29 is 9.47 Å². The van der Waals surface area contributed by atoms with Gasteiger partial charge in [0, 0.05) is 24.3 Å². The molecular weight excluding hydrogens is 314 g/mol. The van der Waals surface area contributed by atoms with Crippen molar-refractivity contribution in [1.29, 1.82) is 0 Å². The molecule has 3 rings (SSSR count). The Morgan fingerprint density at radius 1 is 1.32 bits per heavy atom. The van der Waals surface area contributed by atoms with E-state index in [-0.39, 0.29) is 0 Å². The maximum Gasteiger partial charge on any atom is 0.166 e. The third kappa shape index (κ3) is 4.04. The highest BCUT2D eigenvalue weighted by Gasteiger charge is 2.20. The monoisotopic (exact) mass is 341 g/mol. The van der Waals surface area contributed by atoms with Crippen molar-refractivity contribution in [3.8, 4) is 11.5 Å². The highest BCUT2D eigenvalue weighted by atomic mass is 16.5. The van der Waals surface area contributed by atoms with Crippen LogP contribution in [0.3, 0.4) is 0 Å². The van der Waals surface area contributed by atoms with Gasteiger partial charge in [-0.1, -0.05) is 18.7 Å². The van der Waals surface area contributed by atoms with Gasteiger partial charge in [-0.2, -0.15) is 5.10 Å². The molecule has 0 atom stereocenters. The Morgan fingerprint density at radius 3 is 2.92 bits per heavy atom. The molecule has 5 nitrogen and oxygen atoms in total. The summed E-state index contributed by atoms with van der Waals surface area (Å²) < 4.78 is 11.4. The van der Waals surface area contributed by atoms with Crippen molar-refractivity contribution in [2.75, 3.05) is 20.8 Å². The molecule has 0 saturated carbocycles. The zero-order valence-electron chi connectivity index (χ0n) is 15.4. The summed E-state index contributed by atoms with van der Waals surface area (Å²) in [6.45, 7) is 7.95. The quantitative estimate of drug-likeness (QED) is 0.747. The summed E-state index contributed by atoms with van der Waals surface area (Å²) in [7, 11) is 3.78. The second-order valence-corrected chi connectivity index (χ2v) is 6.85. The van der Waals surface area contributed by atoms with Gasteiger partial charge >= 0.3 is 0 Å². The third-order valence-corrected chi connectivity index (χ3v) is 4.50. The summed E-state index contributed by atoms with van der Waals surface area (Å²) in [5, 5.41) is 7.69. The number of hydrogen-bond donors (Lipinski definition) is 1. The molecule has 1 aliphatic rings. The number of H-pyrrole nitrogens is 1. The fourth-order valence-corrected chi connectivity index (χ4v) is 3.33. The molecule has 0 saturated heterocycles. The van der Waals surface area contributed by atoms with Gasteiger partial charge in [-0.15, -0.1) is 0 Å². The molecule has 0 radical (unpaired) electrons. The van der Waals surface area contributed by atoms with E-state index in [1.165, 1.54) is 23.4 Å². The predicted octanol–water partition coefficient (Wildman–Crippen LogP) is 3.49. The van der Waals surface area contributed by atoms with Gasteiger partial charge in [-0.3, -0.25) is 10.00 Å². The number of methoxy groups -OCH3 is 1. The molecular formula is C20H27N3O2. The van der Waals surface area contributed by atoms with Gasteiger partial charge in [0.15, 0.2) is 11.5 Å². The van der Waals surface area contributed by atoms with E-state index in [0.29, 0.717) is 6.61 Å². The summed E-state index contributed by atoms with van der Waals surface area (Å²) in [4.78, 5) is 2.26. The van der Waals surface area contributed by atoms with Gasteiger partial charge in [0.05, 0.1) is 12.8 Å². The van der Waals surface area contributed by atoms with Crippen LogP contribution in [0.1, 0.15) is 35.9 Å². The zero-order valence-corrected chi connectivity index (χ0v) is 15.4. The van der Waals surface area contributed by atoms with Crippen molar-refractivity contribution in [3.05, 3.63) is 52.9 Å². The highest BCUT2D eigenvalue weighted by Crippen LogP contribution is 2.32. The molecule has 0 bridgehead atoms. The number of ether oxygens (including phenoxy) is 2. The smallest absolute Gasteiger partial charge is 0.166 e. The zero-order chi connectivity index (χ0) is 17.8. The number of fused-ring (bicyclic) bond motifs is 1. The lowest BCUT2D eigenvalue weighted by Gasteiger charge is -2.20. The van der Waals surface area contributed by atoms with E-state index in [4.69, 9.17) is 9.47 Å². The second-order valence-electron chi connectivity index (χ2n) is 6.85. The van der Waals surface area contributed by atoms with Crippen LogP contribution in [-0.4, -0.2) is 35.9 Å². The van der Waals surface area contributed by atoms with E-state index in [9.17, 15) is 0 Å². The Balaban J connectivity index is 1.73. The topological polar surface area (TPSA) is 50.4 Å². The van der Waals surface area contributed by atoms with Crippen molar-refractivity contribution in [3.63, 3.8) is 0 Å². The Hall–Kier alpha value is -2.27. The lowest BCUT2D eigenvalue weighted by molar-refractivity contribution is 0.287. The molecule has 25 heavy (non-hydrogen) atoms. The van der Waals surface area contributed by atoms with E-state index >= 15 is 0 Å². The van der Waals surface area contributed by atoms with Crippen LogP contribution in [-0.2, 0) is 25.9 Å². The predicted molar refractivity (Wildman–Crippen MR) is 99.1 cm³/mol. The average Bonchev–Trinajstić information content (AvgIpc) is 3.18. The van der Waals surface area contributed by atoms with Crippen LogP contribution < -0.4 is 9.47 Å². The minimum Gasteiger partial charge on any atom is -0.493 e. The maximum atomic E-state index is 5.96. The Bertz CT molecular complexity index is 751. The molecule has 1 aromatic heterocycles. The highest BCUT2D eigenvalue weighted by molar-refractivity contribution is 5.46. The molecule has 0 aliphatic heterocycles. The Labute approximate surface area is 149 Å². The van der Waals surface area contributed by atoms with E-state index < -0.39 is 0 Å². The van der Waals surface area contributed by atoms with Crippen LogP contribution >= 0.6 is 0 Å². The van der Waals surface area contributed by atoms with Crippen molar-refractivity contribution in [1.82, 2.24) is 15.1 Å². The number of aryl methyl sites for hydroxylation is 1. The SMILES string of the molecule is C=C(C)COc1c(CN(C)Cc2n[nH]c3c2CCC3)cccc1OC. The van der Waals surface area contributed by atoms with E-state index in [0.717, 1.165) is 48.6 Å². The minimum absolute atomic E-state index is 0.490. The number of aromatic amines is 1. The van der Waals surface area contributed by atoms with Gasteiger partial charge in [0.2, 0.25) is 0 Å². The second kappa shape index (κ2) is 7.74. The fourth-order valence-electron chi connectivity index (χ4n) is 3.33. The molecule has 2 aromatic rings. The summed E-state index contributed by atoms with van der Waals surface area (Å²) in [6, 6.07) is 6.02. The van der Waals surface area contributed by atoms with E-state index in [2.05, 4.69) is 34.8 Å². The Kier molecular flexibility index (Phi) is 5.43. The molecule has 0 spiro atoms. The van der Waals surface area contributed by atoms with Crippen LogP contribution in [0.4, 0.5) is 0 Å². The standard InChI is InChI=1S/C20H27N3O2/c1-14(2)13-25-20-15(7-5-10-19(20)24-4)11-23(3)12-18-16-8-6-9-17(16)21-22-18/h5,7,10H,1,6,8-9,11-13H2,2-4H3,(H,21,22). The van der Waals surface area contributed by atoms with Crippen molar-refractivity contribution in [2.24, 2.45) is 0 Å². The number of rotatable bonds is 8. The molecule has 5 heteroatoms. The lowest BCUT2D eigenvalue weighted by atomic mass is 10.1. The van der Waals surface area contributed by atoms with Crippen LogP contribution in [0, 0.1) is 0 Å². The van der Waals surface area contributed by atoms with Gasteiger partial charge in [0.25, 0.3) is 0 Å². The van der Waals surface area contributed by atoms with Gasteiger partial charge in [-0.05, 0) is 50.4 Å². The number of para-hydroxylation sites is 1. The normalized spacial score (nSPS) is 13.1. The molecule has 1 heterocycles. The first kappa shape index (κ1) is 17.5. The molecule has 1 N–H and O–H groups in total. The van der Waals surface area contributed by atoms with Crippen LogP contribution in [0.5, 0.6) is 11.5 Å². The maximum absolute atomic E-state index is 5.96. The largest absolute Gasteiger partial charge is 0.493 e. The molecule has 0 fully saturated rings. The van der Waals surface area contributed by atoms with E-state index in [1.54, 1.807) is 7.11 Å². The van der Waals surface area contributed by atoms with Gasteiger partial charge < -0.3 is 9.47 Å². The number of nitrogens with one attached hydrogen (secondary N) is 1. The molecule has 0 amide bonds. The van der Waals surface area contributed by atoms with Crippen molar-refractivity contribution in [2.45, 2.75) is 39.3 Å². The first-order valence-corrected chi connectivity index (χ1v) is 8.75. The fraction of sp³-hybridized carbons (Fsp3) is 0.450. The van der Waals surface area contributed by atoms with Gasteiger partial charge in [-0.25, -0.2) is 0 Å². The first-order chi connectivity index (χ1) is 12.1. The molecule has 0 unspecified atom stereocenters. The molecule has 134 valence electrons. The third-order valence-electron chi connectivity index (χ3n) is 4.50. The van der Waals surface area contributed by atoms with Crippen molar-refractivity contribution >= 4 is 0 Å². The number of aromatic nitrogens is 2. The van der Waals surface area contributed by atoms with E-state index in [1.807, 2.05) is 19.1 Å². The number of hydrogen-bond acceptors (Lipinski definition) is 4. The molecule has 1 aliphatic carbocycles. The summed E-state index contributed by atoms with van der Waals surface area (Å²) >= 11 is 0. The van der Waals surface area contributed by atoms with Gasteiger partial charge in [0.1, 0.15) is 6.61 Å². The summed E-state index contributed by atoms with van der Waals surface area (Å²) in [5.74, 6) is 1.56. The number of benzene rings is 1. The lowest BCUT2D eigenvalue weighted by Crippen LogP contribution is -2.19. The first-order valence-electron chi connectivity index (χ1n) is 8.75. The molecule has 1 aromatic carbocycles. The Morgan fingerprint density at radius 2 is 2.16 bits per heavy atom. The number of nitrogens with zero attached hydrogens (tertiary/aromatic N) is 2. The van der Waals surface area contributed by atoms with Crippen LogP contribution in [0.2, 0.25) is 0 Å². The summed E-state index contributed by atoms with van der Waals surface area (Å²) in [6.07, 6.45) is 3.50. The minimum atomic E-state index is 0.490. The summed E-state index contributed by atoms with van der Waals surface area (Å²) in [5.41, 5.74) is 5.99.